The van der Waals surface area contributed by atoms with Crippen molar-refractivity contribution in [1.82, 2.24) is 10.9 Å². The van der Waals surface area contributed by atoms with Crippen molar-refractivity contribution in [2.24, 2.45) is 0 Å². The maximum Gasteiger partial charge on any atom is 0.248 e. The summed E-state index contributed by atoms with van der Waals surface area (Å²) in [5.41, 5.74) is 5.09. The van der Waals surface area contributed by atoms with Gasteiger partial charge in [0.05, 0.1) is 11.4 Å². The minimum Gasteiger partial charge on any atom is -0.329 e. The molecule has 0 heterocycles. The van der Waals surface area contributed by atoms with Crippen LogP contribution in [0.5, 0.6) is 0 Å². The highest BCUT2D eigenvalue weighted by Crippen LogP contribution is 2.17. The van der Waals surface area contributed by atoms with E-state index in [9.17, 15) is 13.6 Å². The Morgan fingerprint density at radius 2 is 1.74 bits per heavy atom. The maximum atomic E-state index is 13.4. The van der Waals surface area contributed by atoms with E-state index in [-0.39, 0.29) is 28.3 Å². The molecule has 0 aliphatic carbocycles. The summed E-state index contributed by atoms with van der Waals surface area (Å²) < 4.78 is 26.2. The van der Waals surface area contributed by atoms with Gasteiger partial charge in [-0.1, -0.05) is 12.1 Å². The molecule has 0 saturated heterocycles. The van der Waals surface area contributed by atoms with Gasteiger partial charge in [0.1, 0.15) is 11.6 Å². The van der Waals surface area contributed by atoms with Crippen molar-refractivity contribution in [2.75, 3.05) is 11.1 Å². The Hall–Kier alpha value is -2.19. The third-order valence-corrected chi connectivity index (χ3v) is 3.84. The van der Waals surface area contributed by atoms with Crippen molar-refractivity contribution in [1.29, 1.82) is 0 Å². The Balaban J connectivity index is 1.72. The van der Waals surface area contributed by atoms with Gasteiger partial charge in [0.2, 0.25) is 5.91 Å². The van der Waals surface area contributed by atoms with Crippen molar-refractivity contribution >= 4 is 40.7 Å². The van der Waals surface area contributed by atoms with Crippen molar-refractivity contribution in [3.05, 3.63) is 60.2 Å². The molecule has 0 atom stereocenters. The first-order valence-corrected chi connectivity index (χ1v) is 7.93. The zero-order valence-electron chi connectivity index (χ0n) is 11.8. The molecule has 0 spiro atoms. The largest absolute Gasteiger partial charge is 0.329 e. The molecular weight excluding hydrogens is 340 g/mol. The van der Waals surface area contributed by atoms with Gasteiger partial charge in [-0.25, -0.2) is 8.78 Å². The van der Waals surface area contributed by atoms with Gasteiger partial charge in [-0.05, 0) is 48.6 Å². The summed E-state index contributed by atoms with van der Waals surface area (Å²) in [5, 5.41) is 2.69. The highest BCUT2D eigenvalue weighted by Gasteiger charge is 2.06. The van der Waals surface area contributed by atoms with Crippen LogP contribution in [0.25, 0.3) is 0 Å². The predicted octanol–water partition coefficient (Wildman–Crippen LogP) is 3.07. The predicted molar refractivity (Wildman–Crippen MR) is 91.0 cm³/mol. The Bertz CT molecular complexity index is 695. The average molecular weight is 353 g/mol. The molecule has 2 aromatic carbocycles. The molecule has 0 unspecified atom stereocenters. The van der Waals surface area contributed by atoms with Gasteiger partial charge >= 0.3 is 0 Å². The molecule has 1 amide bonds. The Morgan fingerprint density at radius 1 is 1.04 bits per heavy atom. The first-order valence-electron chi connectivity index (χ1n) is 6.53. The van der Waals surface area contributed by atoms with Crippen LogP contribution in [0.4, 0.5) is 14.5 Å². The fourth-order valence-corrected chi connectivity index (χ4v) is 2.42. The number of hydrazine groups is 1. The smallest absolute Gasteiger partial charge is 0.248 e. The number of thioether (sulfide) groups is 1. The van der Waals surface area contributed by atoms with Crippen molar-refractivity contribution in [3.63, 3.8) is 0 Å². The summed E-state index contributed by atoms with van der Waals surface area (Å²) in [6, 6.07) is 11.9. The zero-order chi connectivity index (χ0) is 16.7. The number of para-hydroxylation sites is 1. The van der Waals surface area contributed by atoms with Crippen LogP contribution < -0.4 is 16.2 Å². The van der Waals surface area contributed by atoms with Crippen molar-refractivity contribution in [2.45, 2.75) is 4.90 Å². The Kier molecular flexibility index (Phi) is 6.30. The molecule has 0 radical (unpaired) electrons. The topological polar surface area (TPSA) is 53.2 Å². The van der Waals surface area contributed by atoms with E-state index in [4.69, 9.17) is 12.2 Å². The third-order valence-electron chi connectivity index (χ3n) is 2.62. The number of rotatable bonds is 4. The number of anilines is 1. The number of halogens is 2. The minimum absolute atomic E-state index is 0.0650. The molecule has 120 valence electrons. The van der Waals surface area contributed by atoms with E-state index in [0.29, 0.717) is 0 Å². The second-order valence-corrected chi connectivity index (χ2v) is 5.81. The minimum atomic E-state index is -0.449. The molecule has 0 bridgehead atoms. The van der Waals surface area contributed by atoms with E-state index in [0.717, 1.165) is 4.90 Å². The summed E-state index contributed by atoms with van der Waals surface area (Å²) >= 11 is 6.21. The molecule has 0 aliphatic rings. The summed E-state index contributed by atoms with van der Waals surface area (Å²) in [4.78, 5) is 12.4. The molecule has 0 saturated carbocycles. The van der Waals surface area contributed by atoms with Gasteiger partial charge in [-0.2, -0.15) is 0 Å². The number of amides is 1. The van der Waals surface area contributed by atoms with Crippen LogP contribution in [0.2, 0.25) is 0 Å². The van der Waals surface area contributed by atoms with E-state index in [1.165, 1.54) is 36.0 Å². The highest BCUT2D eigenvalue weighted by atomic mass is 32.2. The maximum absolute atomic E-state index is 13.4. The van der Waals surface area contributed by atoms with Gasteiger partial charge in [0.15, 0.2) is 5.11 Å². The number of carbonyl (C=O) groups is 1. The average Bonchev–Trinajstić information content (AvgIpc) is 2.54. The number of nitrogens with one attached hydrogen (secondary N) is 3. The van der Waals surface area contributed by atoms with Crippen LogP contribution in [0.3, 0.4) is 0 Å². The monoisotopic (exact) mass is 353 g/mol. The fourth-order valence-electron chi connectivity index (χ4n) is 1.56. The van der Waals surface area contributed by atoms with Crippen molar-refractivity contribution in [3.8, 4) is 0 Å². The molecule has 4 nitrogen and oxygen atoms in total. The van der Waals surface area contributed by atoms with E-state index < -0.39 is 5.82 Å². The van der Waals surface area contributed by atoms with Crippen LogP contribution in [-0.4, -0.2) is 16.8 Å². The molecule has 0 fully saturated rings. The van der Waals surface area contributed by atoms with E-state index in [1.54, 1.807) is 24.3 Å². The van der Waals surface area contributed by atoms with Crippen molar-refractivity contribution < 1.29 is 13.6 Å². The lowest BCUT2D eigenvalue weighted by molar-refractivity contribution is -0.119. The van der Waals surface area contributed by atoms with E-state index in [1.807, 2.05) is 0 Å². The Morgan fingerprint density at radius 3 is 2.43 bits per heavy atom. The van der Waals surface area contributed by atoms with Gasteiger partial charge in [-0.3, -0.25) is 15.6 Å². The second-order valence-electron chi connectivity index (χ2n) is 4.35. The molecule has 23 heavy (non-hydrogen) atoms. The summed E-state index contributed by atoms with van der Waals surface area (Å²) in [6.45, 7) is 0. The molecule has 2 rings (SSSR count). The van der Waals surface area contributed by atoms with Crippen LogP contribution >= 0.6 is 24.0 Å². The third kappa shape index (κ3) is 5.84. The lowest BCUT2D eigenvalue weighted by Crippen LogP contribution is -2.44. The fraction of sp³-hybridized carbons (Fsp3) is 0.0667. The van der Waals surface area contributed by atoms with Gasteiger partial charge in [-0.15, -0.1) is 11.8 Å². The molecule has 8 heteroatoms. The summed E-state index contributed by atoms with van der Waals surface area (Å²) in [5.74, 6) is -0.974. The number of benzene rings is 2. The van der Waals surface area contributed by atoms with Gasteiger partial charge < -0.3 is 5.32 Å². The first-order chi connectivity index (χ1) is 11.0. The number of hydrogen-bond acceptors (Lipinski definition) is 3. The first kappa shape index (κ1) is 17.2. The van der Waals surface area contributed by atoms with Crippen LogP contribution in [-0.2, 0) is 4.79 Å². The van der Waals surface area contributed by atoms with E-state index in [2.05, 4.69) is 16.2 Å². The normalized spacial score (nSPS) is 10.0. The highest BCUT2D eigenvalue weighted by molar-refractivity contribution is 8.00. The zero-order valence-corrected chi connectivity index (χ0v) is 13.4. The molecule has 2 aromatic rings. The Labute approximate surface area is 141 Å². The van der Waals surface area contributed by atoms with E-state index >= 15 is 0 Å². The molecular formula is C15H13F2N3OS2. The SMILES string of the molecule is O=C(CSc1ccc(F)cc1)NNC(=S)Nc1ccccc1F. The van der Waals surface area contributed by atoms with Crippen LogP contribution in [0.15, 0.2) is 53.4 Å². The number of carbonyl (C=O) groups excluding carboxylic acids is 1. The lowest BCUT2D eigenvalue weighted by Gasteiger charge is -2.12. The molecule has 3 N–H and O–H groups in total. The van der Waals surface area contributed by atoms with Crippen LogP contribution in [0.1, 0.15) is 0 Å². The quantitative estimate of drug-likeness (QED) is 0.448. The second kappa shape index (κ2) is 8.44. The molecule has 0 aromatic heterocycles. The number of hydrogen-bond donors (Lipinski definition) is 3. The molecule has 0 aliphatic heterocycles. The number of thiocarbonyl (C=S) groups is 1. The van der Waals surface area contributed by atoms with Crippen LogP contribution in [0, 0.1) is 11.6 Å². The standard InChI is InChI=1S/C15H13F2N3OS2/c16-10-5-7-11(8-6-10)23-9-14(21)19-20-15(22)18-13-4-2-1-3-12(13)17/h1-8H,9H2,(H,19,21)(H2,18,20,22). The lowest BCUT2D eigenvalue weighted by atomic mass is 10.3. The van der Waals surface area contributed by atoms with Gasteiger partial charge in [0.25, 0.3) is 0 Å². The summed E-state index contributed by atoms with van der Waals surface area (Å²) in [7, 11) is 0. The summed E-state index contributed by atoms with van der Waals surface area (Å²) in [6.07, 6.45) is 0. The van der Waals surface area contributed by atoms with Gasteiger partial charge in [0, 0.05) is 4.90 Å².